The lowest BCUT2D eigenvalue weighted by Crippen LogP contribution is -2.02. The van der Waals surface area contributed by atoms with Crippen LogP contribution in [-0.2, 0) is 7.05 Å². The van der Waals surface area contributed by atoms with Crippen LogP contribution in [0.5, 0.6) is 5.75 Å². The van der Waals surface area contributed by atoms with Crippen molar-refractivity contribution in [3.05, 3.63) is 41.9 Å². The second kappa shape index (κ2) is 6.36. The molecule has 0 saturated heterocycles. The van der Waals surface area contributed by atoms with Gasteiger partial charge in [0.15, 0.2) is 5.65 Å². The van der Waals surface area contributed by atoms with E-state index in [0.717, 1.165) is 33.1 Å². The summed E-state index contributed by atoms with van der Waals surface area (Å²) in [5, 5.41) is 6.16. The third-order valence-corrected chi connectivity index (χ3v) is 4.39. The molecule has 0 amide bonds. The fourth-order valence-electron chi connectivity index (χ4n) is 2.21. The number of ether oxygens (including phenoxy) is 1. The molecular weight excluding hydrogens is 296 g/mol. The first-order chi connectivity index (χ1) is 10.6. The molecule has 0 spiro atoms. The maximum absolute atomic E-state index is 5.87. The van der Waals surface area contributed by atoms with E-state index >= 15 is 0 Å². The number of fused-ring (bicyclic) bond motifs is 1. The number of benzene rings is 1. The number of aryl methyl sites for hydroxylation is 3. The summed E-state index contributed by atoms with van der Waals surface area (Å²) in [6, 6.07) is 6.25. The Morgan fingerprint density at radius 1 is 1.23 bits per heavy atom. The van der Waals surface area contributed by atoms with Crippen LogP contribution in [0, 0.1) is 13.8 Å². The molecule has 2 aromatic heterocycles. The van der Waals surface area contributed by atoms with E-state index in [-0.39, 0.29) is 0 Å². The van der Waals surface area contributed by atoms with Gasteiger partial charge in [-0.3, -0.25) is 4.68 Å². The molecule has 1 aromatic carbocycles. The van der Waals surface area contributed by atoms with Crippen molar-refractivity contribution in [3.63, 3.8) is 0 Å². The van der Waals surface area contributed by atoms with Crippen LogP contribution in [0.15, 0.2) is 35.7 Å². The highest BCUT2D eigenvalue weighted by Gasteiger charge is 2.08. The van der Waals surface area contributed by atoms with E-state index < -0.39 is 0 Å². The Balaban J connectivity index is 1.62. The Morgan fingerprint density at radius 3 is 2.95 bits per heavy atom. The Morgan fingerprint density at radius 2 is 2.09 bits per heavy atom. The molecule has 0 aliphatic carbocycles. The van der Waals surface area contributed by atoms with Crippen LogP contribution >= 0.6 is 11.8 Å². The molecule has 22 heavy (non-hydrogen) atoms. The number of nitrogens with zero attached hydrogens (tertiary/aromatic N) is 4. The van der Waals surface area contributed by atoms with Crippen LogP contribution in [0.1, 0.15) is 11.1 Å². The summed E-state index contributed by atoms with van der Waals surface area (Å²) in [5.41, 5.74) is 3.22. The van der Waals surface area contributed by atoms with E-state index in [9.17, 15) is 0 Å². The van der Waals surface area contributed by atoms with Crippen molar-refractivity contribution < 1.29 is 4.74 Å². The topological polar surface area (TPSA) is 52.8 Å². The second-order valence-electron chi connectivity index (χ2n) is 5.15. The van der Waals surface area contributed by atoms with Gasteiger partial charge in [0.2, 0.25) is 0 Å². The fraction of sp³-hybridized carbons (Fsp3) is 0.312. The molecule has 0 aliphatic rings. The van der Waals surface area contributed by atoms with Gasteiger partial charge in [0.05, 0.1) is 18.2 Å². The van der Waals surface area contributed by atoms with Gasteiger partial charge in [0.25, 0.3) is 0 Å². The predicted octanol–water partition coefficient (Wildman–Crippen LogP) is 3.15. The zero-order chi connectivity index (χ0) is 15.5. The molecule has 2 heterocycles. The Hall–Kier alpha value is -2.08. The van der Waals surface area contributed by atoms with Gasteiger partial charge < -0.3 is 4.74 Å². The van der Waals surface area contributed by atoms with Gasteiger partial charge in [-0.1, -0.05) is 12.1 Å². The van der Waals surface area contributed by atoms with Gasteiger partial charge in [0, 0.05) is 12.8 Å². The normalized spacial score (nSPS) is 11.0. The Kier molecular flexibility index (Phi) is 4.29. The lowest BCUT2D eigenvalue weighted by atomic mass is 10.1. The second-order valence-corrected chi connectivity index (χ2v) is 6.23. The summed E-state index contributed by atoms with van der Waals surface area (Å²) in [4.78, 5) is 8.58. The average Bonchev–Trinajstić information content (AvgIpc) is 2.89. The molecule has 6 heteroatoms. The van der Waals surface area contributed by atoms with E-state index in [0.29, 0.717) is 6.61 Å². The zero-order valence-electron chi connectivity index (χ0n) is 12.9. The number of hydrogen-bond donors (Lipinski definition) is 0. The van der Waals surface area contributed by atoms with Gasteiger partial charge in [0.1, 0.15) is 17.1 Å². The first-order valence-corrected chi connectivity index (χ1v) is 8.09. The van der Waals surface area contributed by atoms with Crippen LogP contribution in [0.25, 0.3) is 11.0 Å². The molecule has 0 radical (unpaired) electrons. The van der Waals surface area contributed by atoms with E-state index in [4.69, 9.17) is 4.74 Å². The minimum Gasteiger partial charge on any atom is -0.492 e. The lowest BCUT2D eigenvalue weighted by molar-refractivity contribution is 0.341. The molecule has 0 saturated carbocycles. The van der Waals surface area contributed by atoms with Crippen molar-refractivity contribution in [1.29, 1.82) is 0 Å². The smallest absolute Gasteiger partial charge is 0.162 e. The lowest BCUT2D eigenvalue weighted by Gasteiger charge is -2.09. The van der Waals surface area contributed by atoms with Crippen LogP contribution in [0.2, 0.25) is 0 Å². The maximum Gasteiger partial charge on any atom is 0.162 e. The minimum atomic E-state index is 0.640. The molecule has 0 fully saturated rings. The van der Waals surface area contributed by atoms with Crippen LogP contribution in [-0.4, -0.2) is 32.1 Å². The summed E-state index contributed by atoms with van der Waals surface area (Å²) < 4.78 is 7.63. The van der Waals surface area contributed by atoms with Gasteiger partial charge in [-0.25, -0.2) is 9.97 Å². The van der Waals surface area contributed by atoms with Crippen LogP contribution < -0.4 is 4.74 Å². The molecular formula is C16H18N4OS. The minimum absolute atomic E-state index is 0.640. The third kappa shape index (κ3) is 3.06. The number of hydrogen-bond acceptors (Lipinski definition) is 5. The quantitative estimate of drug-likeness (QED) is 0.411. The van der Waals surface area contributed by atoms with Crippen LogP contribution in [0.3, 0.4) is 0 Å². The van der Waals surface area contributed by atoms with Gasteiger partial charge in [-0.15, -0.1) is 11.8 Å². The first kappa shape index (κ1) is 14.8. The van der Waals surface area contributed by atoms with Gasteiger partial charge >= 0.3 is 0 Å². The van der Waals surface area contributed by atoms with Gasteiger partial charge in [-0.05, 0) is 31.0 Å². The van der Waals surface area contributed by atoms with E-state index in [1.165, 1.54) is 5.56 Å². The average molecular weight is 314 g/mol. The predicted molar refractivity (Wildman–Crippen MR) is 88.4 cm³/mol. The van der Waals surface area contributed by atoms with E-state index in [1.54, 1.807) is 22.8 Å². The van der Waals surface area contributed by atoms with Crippen molar-refractivity contribution >= 4 is 22.8 Å². The van der Waals surface area contributed by atoms with E-state index in [2.05, 4.69) is 47.1 Å². The molecule has 0 aliphatic heterocycles. The molecule has 0 atom stereocenters. The maximum atomic E-state index is 5.87. The summed E-state index contributed by atoms with van der Waals surface area (Å²) in [7, 11) is 1.88. The SMILES string of the molecule is Cc1ccc(C)c(OCCSc2ncnc3c2cnn3C)c1. The summed E-state index contributed by atoms with van der Waals surface area (Å²) >= 11 is 1.66. The highest BCUT2D eigenvalue weighted by Crippen LogP contribution is 2.24. The van der Waals surface area contributed by atoms with E-state index in [1.807, 2.05) is 13.2 Å². The van der Waals surface area contributed by atoms with Crippen molar-refractivity contribution in [1.82, 2.24) is 19.7 Å². The number of thioether (sulfide) groups is 1. The van der Waals surface area contributed by atoms with Crippen LogP contribution in [0.4, 0.5) is 0 Å². The summed E-state index contributed by atoms with van der Waals surface area (Å²) in [6.45, 7) is 4.77. The van der Waals surface area contributed by atoms with Crippen molar-refractivity contribution in [2.45, 2.75) is 18.9 Å². The number of aromatic nitrogens is 4. The molecule has 0 unspecified atom stereocenters. The Bertz CT molecular complexity index is 800. The molecule has 0 bridgehead atoms. The highest BCUT2D eigenvalue weighted by molar-refractivity contribution is 7.99. The van der Waals surface area contributed by atoms with Gasteiger partial charge in [-0.2, -0.15) is 5.10 Å². The molecule has 5 nitrogen and oxygen atoms in total. The number of rotatable bonds is 5. The summed E-state index contributed by atoms with van der Waals surface area (Å²) in [6.07, 6.45) is 3.39. The standard InChI is InChI=1S/C16H18N4OS/c1-11-4-5-12(2)14(8-11)21-6-7-22-16-13-9-19-20(3)15(13)17-10-18-16/h4-5,8-10H,6-7H2,1-3H3. The zero-order valence-corrected chi connectivity index (χ0v) is 13.7. The third-order valence-electron chi connectivity index (χ3n) is 3.42. The molecule has 114 valence electrons. The largest absolute Gasteiger partial charge is 0.492 e. The Labute approximate surface area is 133 Å². The summed E-state index contributed by atoms with van der Waals surface area (Å²) in [5.74, 6) is 1.78. The van der Waals surface area contributed by atoms with Crippen molar-refractivity contribution in [2.75, 3.05) is 12.4 Å². The molecule has 3 rings (SSSR count). The molecule has 3 aromatic rings. The highest BCUT2D eigenvalue weighted by atomic mass is 32.2. The first-order valence-electron chi connectivity index (χ1n) is 7.10. The van der Waals surface area contributed by atoms with Crippen molar-refractivity contribution in [3.8, 4) is 5.75 Å². The van der Waals surface area contributed by atoms with Crippen molar-refractivity contribution in [2.24, 2.45) is 7.05 Å². The monoisotopic (exact) mass is 314 g/mol. The fourth-order valence-corrected chi connectivity index (χ4v) is 2.99. The molecule has 0 N–H and O–H groups in total.